The third kappa shape index (κ3) is 2.19. The number of carbonyl (C=O) groups is 1. The van der Waals surface area contributed by atoms with E-state index in [1.165, 1.54) is 11.1 Å². The number of amides is 1. The number of fused-ring (bicyclic) bond motifs is 3. The van der Waals surface area contributed by atoms with Crippen LogP contribution in [0.15, 0.2) is 53.1 Å². The molecule has 1 aromatic heterocycles. The van der Waals surface area contributed by atoms with Gasteiger partial charge in [-0.3, -0.25) is 4.79 Å². The van der Waals surface area contributed by atoms with Crippen molar-refractivity contribution in [1.82, 2.24) is 10.1 Å². The van der Waals surface area contributed by atoms with Gasteiger partial charge in [0.2, 0.25) is 0 Å². The quantitative estimate of drug-likeness (QED) is 0.683. The maximum Gasteiger partial charge on any atom is 0.276 e. The second-order valence-electron chi connectivity index (χ2n) is 6.76. The summed E-state index contributed by atoms with van der Waals surface area (Å²) in [4.78, 5) is 14.7. The van der Waals surface area contributed by atoms with Crippen molar-refractivity contribution in [2.24, 2.45) is 0 Å². The highest BCUT2D eigenvalue weighted by atomic mass is 16.5. The van der Waals surface area contributed by atoms with E-state index in [1.54, 1.807) is 0 Å². The molecule has 2 aromatic carbocycles. The Morgan fingerprint density at radius 2 is 1.80 bits per heavy atom. The smallest absolute Gasteiger partial charge is 0.276 e. The molecule has 0 saturated carbocycles. The first-order chi connectivity index (χ1) is 12.3. The van der Waals surface area contributed by atoms with Crippen LogP contribution in [-0.2, 0) is 16.9 Å². The van der Waals surface area contributed by atoms with Crippen molar-refractivity contribution < 1.29 is 14.1 Å². The Hall–Kier alpha value is -2.66. The van der Waals surface area contributed by atoms with Gasteiger partial charge in [0, 0.05) is 13.1 Å². The minimum atomic E-state index is -0.237. The molecular weight excluding hydrogens is 316 g/mol. The lowest BCUT2D eigenvalue weighted by Gasteiger charge is -2.39. The Kier molecular flexibility index (Phi) is 3.18. The Bertz CT molecular complexity index is 954. The van der Waals surface area contributed by atoms with Gasteiger partial charge in [-0.15, -0.1) is 0 Å². The molecule has 1 amide bonds. The highest BCUT2D eigenvalue weighted by Gasteiger charge is 2.43. The van der Waals surface area contributed by atoms with Crippen LogP contribution >= 0.6 is 0 Å². The zero-order valence-corrected chi connectivity index (χ0v) is 13.8. The lowest BCUT2D eigenvalue weighted by atomic mass is 9.84. The lowest BCUT2D eigenvalue weighted by molar-refractivity contribution is -0.0742. The van der Waals surface area contributed by atoms with E-state index in [1.807, 2.05) is 29.2 Å². The van der Waals surface area contributed by atoms with Crippen LogP contribution in [0.4, 0.5) is 0 Å². The number of carbonyl (C=O) groups excluding carboxylic acids is 1. The minimum absolute atomic E-state index is 0.0638. The van der Waals surface area contributed by atoms with E-state index >= 15 is 0 Å². The van der Waals surface area contributed by atoms with Crippen molar-refractivity contribution in [3.63, 3.8) is 0 Å². The first-order valence-corrected chi connectivity index (χ1v) is 8.63. The molecule has 0 atom stereocenters. The van der Waals surface area contributed by atoms with Gasteiger partial charge in [-0.2, -0.15) is 0 Å². The van der Waals surface area contributed by atoms with E-state index in [0.29, 0.717) is 31.0 Å². The number of nitrogens with zero attached hydrogens (tertiary/aromatic N) is 2. The van der Waals surface area contributed by atoms with Crippen molar-refractivity contribution in [3.05, 3.63) is 65.4 Å². The number of rotatable bonds is 1. The van der Waals surface area contributed by atoms with Crippen molar-refractivity contribution in [3.8, 4) is 0 Å². The number of aromatic nitrogens is 1. The summed E-state index contributed by atoms with van der Waals surface area (Å²) in [5, 5.41) is 4.77. The average Bonchev–Trinajstić information content (AvgIpc) is 3.25. The van der Waals surface area contributed by atoms with E-state index < -0.39 is 0 Å². The van der Waals surface area contributed by atoms with Crippen LogP contribution in [0.3, 0.4) is 0 Å². The van der Waals surface area contributed by atoms with Gasteiger partial charge in [0.15, 0.2) is 11.3 Å². The molecule has 5 nitrogen and oxygen atoms in total. The van der Waals surface area contributed by atoms with Crippen LogP contribution < -0.4 is 0 Å². The molecule has 25 heavy (non-hydrogen) atoms. The summed E-state index contributed by atoms with van der Waals surface area (Å²) in [6.45, 7) is 1.99. The Morgan fingerprint density at radius 3 is 2.68 bits per heavy atom. The standard InChI is InChI=1S/C20H18N2O3/c23-19(18-15-6-2-4-8-17(15)25-21-18)22-11-9-20(10-12-22)16-7-3-1-5-14(16)13-24-20/h1-8H,9-13H2. The molecule has 1 fully saturated rings. The van der Waals surface area contributed by atoms with E-state index in [4.69, 9.17) is 9.26 Å². The summed E-state index contributed by atoms with van der Waals surface area (Å²) in [5.74, 6) is -0.0638. The average molecular weight is 334 g/mol. The van der Waals surface area contributed by atoms with Gasteiger partial charge in [0.05, 0.1) is 17.6 Å². The topological polar surface area (TPSA) is 55.6 Å². The van der Waals surface area contributed by atoms with Gasteiger partial charge in [-0.1, -0.05) is 41.6 Å². The number of para-hydroxylation sites is 1. The second-order valence-corrected chi connectivity index (χ2v) is 6.76. The second kappa shape index (κ2) is 5.43. The lowest BCUT2D eigenvalue weighted by Crippen LogP contribution is -2.45. The molecule has 1 spiro atoms. The van der Waals surface area contributed by atoms with E-state index in [-0.39, 0.29) is 11.5 Å². The SMILES string of the molecule is O=C(c1noc2ccccc12)N1CCC2(CC1)OCc1ccccc12. The summed E-state index contributed by atoms with van der Waals surface area (Å²) in [6.07, 6.45) is 1.62. The van der Waals surface area contributed by atoms with Crippen LogP contribution in [0.5, 0.6) is 0 Å². The Balaban J connectivity index is 1.38. The van der Waals surface area contributed by atoms with Gasteiger partial charge in [0.25, 0.3) is 5.91 Å². The van der Waals surface area contributed by atoms with Crippen molar-refractivity contribution >= 4 is 16.9 Å². The number of piperidine rings is 1. The molecular formula is C20H18N2O3. The normalized spacial score (nSPS) is 18.6. The molecule has 0 radical (unpaired) electrons. The van der Waals surface area contributed by atoms with Crippen molar-refractivity contribution in [2.75, 3.05) is 13.1 Å². The molecule has 3 aromatic rings. The fourth-order valence-electron chi connectivity index (χ4n) is 4.06. The zero-order valence-electron chi connectivity index (χ0n) is 13.8. The van der Waals surface area contributed by atoms with E-state index in [0.717, 1.165) is 18.2 Å². The maximum atomic E-state index is 12.9. The molecule has 5 heteroatoms. The van der Waals surface area contributed by atoms with Crippen LogP contribution in [0.1, 0.15) is 34.5 Å². The third-order valence-electron chi connectivity index (χ3n) is 5.45. The maximum absolute atomic E-state index is 12.9. The summed E-state index contributed by atoms with van der Waals surface area (Å²) >= 11 is 0. The van der Waals surface area contributed by atoms with E-state index in [9.17, 15) is 4.79 Å². The van der Waals surface area contributed by atoms with Crippen LogP contribution in [-0.4, -0.2) is 29.1 Å². The zero-order chi connectivity index (χ0) is 16.9. The minimum Gasteiger partial charge on any atom is -0.365 e. The van der Waals surface area contributed by atoms with Gasteiger partial charge < -0.3 is 14.2 Å². The molecule has 3 heterocycles. The van der Waals surface area contributed by atoms with Gasteiger partial charge in [-0.05, 0) is 36.1 Å². The number of ether oxygens (including phenoxy) is 1. The fourth-order valence-corrected chi connectivity index (χ4v) is 4.06. The summed E-state index contributed by atoms with van der Waals surface area (Å²) in [5.41, 5.74) is 3.37. The first-order valence-electron chi connectivity index (χ1n) is 8.63. The van der Waals surface area contributed by atoms with Crippen molar-refractivity contribution in [2.45, 2.75) is 25.0 Å². The highest BCUT2D eigenvalue weighted by Crippen LogP contribution is 2.44. The predicted octanol–water partition coefficient (Wildman–Crippen LogP) is 3.49. The molecule has 2 aliphatic heterocycles. The summed E-state index contributed by atoms with van der Waals surface area (Å²) in [6, 6.07) is 15.9. The van der Waals surface area contributed by atoms with E-state index in [2.05, 4.69) is 29.4 Å². The molecule has 2 aliphatic rings. The summed E-state index contributed by atoms with van der Waals surface area (Å²) < 4.78 is 11.4. The third-order valence-corrected chi connectivity index (χ3v) is 5.45. The Labute approximate surface area is 145 Å². The number of benzene rings is 2. The van der Waals surface area contributed by atoms with Gasteiger partial charge >= 0.3 is 0 Å². The molecule has 0 unspecified atom stereocenters. The summed E-state index contributed by atoms with van der Waals surface area (Å²) in [7, 11) is 0. The van der Waals surface area contributed by atoms with Gasteiger partial charge in [0.1, 0.15) is 0 Å². The molecule has 0 bridgehead atoms. The Morgan fingerprint density at radius 1 is 1.04 bits per heavy atom. The predicted molar refractivity (Wildman–Crippen MR) is 92.1 cm³/mol. The number of likely N-dealkylation sites (tertiary alicyclic amines) is 1. The monoisotopic (exact) mass is 334 g/mol. The molecule has 0 N–H and O–H groups in total. The molecule has 0 aliphatic carbocycles. The van der Waals surface area contributed by atoms with Crippen LogP contribution in [0.2, 0.25) is 0 Å². The number of hydrogen-bond acceptors (Lipinski definition) is 4. The number of hydrogen-bond donors (Lipinski definition) is 0. The largest absolute Gasteiger partial charge is 0.365 e. The highest BCUT2D eigenvalue weighted by molar-refractivity contribution is 6.04. The first kappa shape index (κ1) is 14.7. The van der Waals surface area contributed by atoms with Gasteiger partial charge in [-0.25, -0.2) is 0 Å². The molecule has 126 valence electrons. The molecule has 1 saturated heterocycles. The molecule has 5 rings (SSSR count). The fraction of sp³-hybridized carbons (Fsp3) is 0.300. The van der Waals surface area contributed by atoms with Crippen LogP contribution in [0, 0.1) is 0 Å². The van der Waals surface area contributed by atoms with Crippen LogP contribution in [0.25, 0.3) is 11.0 Å². The van der Waals surface area contributed by atoms with Crippen molar-refractivity contribution in [1.29, 1.82) is 0 Å².